The lowest BCUT2D eigenvalue weighted by molar-refractivity contribution is -0.139. The van der Waals surface area contributed by atoms with Crippen LogP contribution in [0.15, 0.2) is 0 Å². The number of nitrogens with one attached hydrogen (secondary N) is 1. The molecule has 1 atom stereocenters. The van der Waals surface area contributed by atoms with Crippen LogP contribution in [0, 0.1) is 11.3 Å². The fourth-order valence-corrected chi connectivity index (χ4v) is 2.64. The minimum absolute atomic E-state index is 0.0290. The van der Waals surface area contributed by atoms with Crippen molar-refractivity contribution >= 4 is 5.97 Å². The Morgan fingerprint density at radius 2 is 2.21 bits per heavy atom. The van der Waals surface area contributed by atoms with Gasteiger partial charge in [-0.15, -0.1) is 0 Å². The summed E-state index contributed by atoms with van der Waals surface area (Å²) in [5, 5.41) is 3.30. The molecule has 1 unspecified atom stereocenters. The third-order valence-electron chi connectivity index (χ3n) is 3.27. The lowest BCUT2D eigenvalue weighted by Gasteiger charge is -2.43. The predicted molar refractivity (Wildman–Crippen MR) is 53.9 cm³/mol. The second-order valence-electron chi connectivity index (χ2n) is 5.36. The van der Waals surface area contributed by atoms with Crippen LogP contribution < -0.4 is 5.32 Å². The van der Waals surface area contributed by atoms with E-state index in [2.05, 4.69) is 19.2 Å². The molecule has 1 saturated heterocycles. The van der Waals surface area contributed by atoms with E-state index >= 15 is 0 Å². The van der Waals surface area contributed by atoms with E-state index in [4.69, 9.17) is 4.74 Å². The van der Waals surface area contributed by atoms with Gasteiger partial charge in [-0.05, 0) is 30.7 Å². The minimum Gasteiger partial charge on any atom is -0.464 e. The molecule has 0 amide bonds. The van der Waals surface area contributed by atoms with Crippen LogP contribution in [0.5, 0.6) is 0 Å². The second-order valence-corrected chi connectivity index (χ2v) is 5.36. The number of carbonyl (C=O) groups excluding carboxylic acids is 1. The molecule has 1 aliphatic heterocycles. The first-order valence-electron chi connectivity index (χ1n) is 5.47. The Labute approximate surface area is 85.2 Å². The topological polar surface area (TPSA) is 38.3 Å². The normalized spacial score (nSPS) is 31.3. The molecule has 2 rings (SSSR count). The SMILES string of the molecule is CC1(C)CC(CNC2CCOC2=O)C1. The molecule has 0 spiro atoms. The number of cyclic esters (lactones) is 1. The molecule has 80 valence electrons. The van der Waals surface area contributed by atoms with E-state index in [1.807, 2.05) is 0 Å². The average molecular weight is 197 g/mol. The summed E-state index contributed by atoms with van der Waals surface area (Å²) in [5.41, 5.74) is 0.530. The molecule has 0 bridgehead atoms. The van der Waals surface area contributed by atoms with Crippen LogP contribution in [-0.2, 0) is 9.53 Å². The maximum Gasteiger partial charge on any atom is 0.323 e. The molecule has 1 saturated carbocycles. The quantitative estimate of drug-likeness (QED) is 0.694. The molecule has 3 heteroatoms. The van der Waals surface area contributed by atoms with Gasteiger partial charge in [-0.3, -0.25) is 4.79 Å². The van der Waals surface area contributed by atoms with E-state index in [9.17, 15) is 4.79 Å². The lowest BCUT2D eigenvalue weighted by atomic mass is 9.64. The fourth-order valence-electron chi connectivity index (χ4n) is 2.64. The van der Waals surface area contributed by atoms with Gasteiger partial charge in [-0.1, -0.05) is 13.8 Å². The molecular weight excluding hydrogens is 178 g/mol. The third-order valence-corrected chi connectivity index (χ3v) is 3.27. The van der Waals surface area contributed by atoms with Gasteiger partial charge in [0.25, 0.3) is 0 Å². The Kier molecular flexibility index (Phi) is 2.52. The van der Waals surface area contributed by atoms with Gasteiger partial charge in [0.2, 0.25) is 0 Å². The van der Waals surface area contributed by atoms with Crippen LogP contribution in [-0.4, -0.2) is 25.2 Å². The zero-order valence-corrected chi connectivity index (χ0v) is 9.01. The molecule has 14 heavy (non-hydrogen) atoms. The molecule has 1 N–H and O–H groups in total. The highest BCUT2D eigenvalue weighted by atomic mass is 16.5. The smallest absolute Gasteiger partial charge is 0.323 e. The average Bonchev–Trinajstić information content (AvgIpc) is 2.44. The summed E-state index contributed by atoms with van der Waals surface area (Å²) in [6.45, 7) is 6.16. The number of ether oxygens (including phenoxy) is 1. The summed E-state index contributed by atoms with van der Waals surface area (Å²) in [4.78, 5) is 11.1. The molecule has 2 fully saturated rings. The van der Waals surface area contributed by atoms with E-state index < -0.39 is 0 Å². The van der Waals surface area contributed by atoms with Crippen LogP contribution in [0.2, 0.25) is 0 Å². The van der Waals surface area contributed by atoms with Crippen molar-refractivity contribution in [3.05, 3.63) is 0 Å². The van der Waals surface area contributed by atoms with Gasteiger partial charge in [0, 0.05) is 6.42 Å². The van der Waals surface area contributed by atoms with E-state index in [1.54, 1.807) is 0 Å². The van der Waals surface area contributed by atoms with E-state index in [-0.39, 0.29) is 12.0 Å². The van der Waals surface area contributed by atoms with Gasteiger partial charge in [0.05, 0.1) is 6.61 Å². The molecular formula is C11H19NO2. The first-order valence-corrected chi connectivity index (χ1v) is 5.47. The molecule has 0 aromatic heterocycles. The molecule has 0 aromatic rings. The van der Waals surface area contributed by atoms with Crippen LogP contribution in [0.4, 0.5) is 0 Å². The molecule has 1 heterocycles. The Morgan fingerprint density at radius 3 is 2.71 bits per heavy atom. The third kappa shape index (κ3) is 2.08. The predicted octanol–water partition coefficient (Wildman–Crippen LogP) is 1.33. The van der Waals surface area contributed by atoms with Crippen LogP contribution in [0.25, 0.3) is 0 Å². The van der Waals surface area contributed by atoms with Crippen molar-refractivity contribution in [1.82, 2.24) is 5.32 Å². The van der Waals surface area contributed by atoms with Gasteiger partial charge in [0.15, 0.2) is 0 Å². The van der Waals surface area contributed by atoms with Crippen LogP contribution in [0.1, 0.15) is 33.1 Å². The maximum atomic E-state index is 11.1. The van der Waals surface area contributed by atoms with Crippen molar-refractivity contribution in [1.29, 1.82) is 0 Å². The monoisotopic (exact) mass is 197 g/mol. The van der Waals surface area contributed by atoms with Crippen LogP contribution >= 0.6 is 0 Å². The zero-order chi connectivity index (χ0) is 10.2. The zero-order valence-electron chi connectivity index (χ0n) is 9.01. The van der Waals surface area contributed by atoms with Gasteiger partial charge in [-0.25, -0.2) is 0 Å². The number of hydrogen-bond donors (Lipinski definition) is 1. The van der Waals surface area contributed by atoms with E-state index in [0.29, 0.717) is 12.0 Å². The highest BCUT2D eigenvalue weighted by Gasteiger charge is 2.36. The van der Waals surface area contributed by atoms with Crippen molar-refractivity contribution in [2.45, 2.75) is 39.2 Å². The van der Waals surface area contributed by atoms with Crippen LogP contribution in [0.3, 0.4) is 0 Å². The van der Waals surface area contributed by atoms with Crippen molar-refractivity contribution in [3.63, 3.8) is 0 Å². The van der Waals surface area contributed by atoms with Gasteiger partial charge in [-0.2, -0.15) is 0 Å². The summed E-state index contributed by atoms with van der Waals surface area (Å²) < 4.78 is 4.89. The summed E-state index contributed by atoms with van der Waals surface area (Å²) in [7, 11) is 0. The number of carbonyl (C=O) groups is 1. The van der Waals surface area contributed by atoms with Crippen molar-refractivity contribution < 1.29 is 9.53 Å². The van der Waals surface area contributed by atoms with Crippen molar-refractivity contribution in [2.75, 3.05) is 13.2 Å². The van der Waals surface area contributed by atoms with Gasteiger partial charge in [0.1, 0.15) is 6.04 Å². The number of hydrogen-bond acceptors (Lipinski definition) is 3. The Bertz CT molecular complexity index is 229. The molecule has 0 radical (unpaired) electrons. The fraction of sp³-hybridized carbons (Fsp3) is 0.909. The van der Waals surface area contributed by atoms with Gasteiger partial charge >= 0.3 is 5.97 Å². The van der Waals surface area contributed by atoms with Crippen molar-refractivity contribution in [3.8, 4) is 0 Å². The Balaban J connectivity index is 1.66. The number of rotatable bonds is 3. The summed E-state index contributed by atoms with van der Waals surface area (Å²) in [5.74, 6) is 0.696. The van der Waals surface area contributed by atoms with E-state index in [1.165, 1.54) is 12.8 Å². The molecule has 3 nitrogen and oxygen atoms in total. The Morgan fingerprint density at radius 1 is 1.50 bits per heavy atom. The highest BCUT2D eigenvalue weighted by Crippen LogP contribution is 2.44. The summed E-state index contributed by atoms with van der Waals surface area (Å²) >= 11 is 0. The van der Waals surface area contributed by atoms with Gasteiger partial charge < -0.3 is 10.1 Å². The second kappa shape index (κ2) is 3.54. The lowest BCUT2D eigenvalue weighted by Crippen LogP contribution is -2.42. The highest BCUT2D eigenvalue weighted by molar-refractivity contribution is 5.77. The Hall–Kier alpha value is -0.570. The summed E-state index contributed by atoms with van der Waals surface area (Å²) in [6, 6.07) is -0.0290. The summed E-state index contributed by atoms with van der Waals surface area (Å²) in [6.07, 6.45) is 3.40. The van der Waals surface area contributed by atoms with Crippen molar-refractivity contribution in [2.24, 2.45) is 11.3 Å². The van der Waals surface area contributed by atoms with E-state index in [0.717, 1.165) is 18.9 Å². The maximum absolute atomic E-state index is 11.1. The minimum atomic E-state index is -0.0661. The molecule has 0 aromatic carbocycles. The largest absolute Gasteiger partial charge is 0.464 e. The first kappa shape index (κ1) is 9.97. The standard InChI is InChI=1S/C11H19NO2/c1-11(2)5-8(6-11)7-12-9-3-4-14-10(9)13/h8-9,12H,3-7H2,1-2H3. The first-order chi connectivity index (χ1) is 6.57. The number of esters is 1. The molecule has 1 aliphatic carbocycles. The molecule has 2 aliphatic rings.